The van der Waals surface area contributed by atoms with Crippen LogP contribution in [-0.4, -0.2) is 58.8 Å². The molecule has 4 aliphatic rings. The van der Waals surface area contributed by atoms with E-state index in [1.54, 1.807) is 6.07 Å². The molecule has 3 N–H and O–H groups in total. The number of nitrogens with one attached hydrogen (secondary N) is 1. The number of benzene rings is 3. The van der Waals surface area contributed by atoms with Crippen LogP contribution in [0.25, 0.3) is 0 Å². The molecule has 2 heterocycles. The lowest BCUT2D eigenvalue weighted by molar-refractivity contribution is -0.0516. The zero-order valence-corrected chi connectivity index (χ0v) is 22.0. The highest BCUT2D eigenvalue weighted by Crippen LogP contribution is 2.62. The number of likely N-dealkylation sites (tertiary alicyclic amines) is 1. The zero-order valence-electron chi connectivity index (χ0n) is 22.0. The van der Waals surface area contributed by atoms with Gasteiger partial charge in [-0.05, 0) is 55.1 Å². The van der Waals surface area contributed by atoms with Crippen molar-refractivity contribution >= 4 is 11.5 Å². The number of phenolic OH excluding ortho intramolecular Hbond substituents is 1. The Labute approximate surface area is 229 Å². The molecule has 1 fully saturated rings. The minimum atomic E-state index is -0.652. The number of aliphatic hydroxyl groups is 1. The molecule has 0 saturated carbocycles. The van der Waals surface area contributed by atoms with Crippen LogP contribution in [0.4, 0.5) is 5.69 Å². The average Bonchev–Trinajstić information content (AvgIpc) is 3.31. The first-order valence-electron chi connectivity index (χ1n) is 14.2. The van der Waals surface area contributed by atoms with E-state index in [2.05, 4.69) is 58.8 Å². The van der Waals surface area contributed by atoms with Crippen LogP contribution in [-0.2, 0) is 18.3 Å². The molecular formula is C33H35N3O3. The molecule has 1 saturated heterocycles. The summed E-state index contributed by atoms with van der Waals surface area (Å²) < 4.78 is 6.28. The summed E-state index contributed by atoms with van der Waals surface area (Å²) in [4.78, 5) is 7.64. The maximum absolute atomic E-state index is 10.9. The van der Waals surface area contributed by atoms with Crippen LogP contribution in [0.5, 0.6) is 11.5 Å². The van der Waals surface area contributed by atoms with Crippen LogP contribution >= 0.6 is 0 Å². The molecular weight excluding hydrogens is 486 g/mol. The normalized spacial score (nSPS) is 28.6. The van der Waals surface area contributed by atoms with E-state index in [4.69, 9.17) is 9.73 Å². The lowest BCUT2D eigenvalue weighted by Crippen LogP contribution is -2.65. The minimum Gasteiger partial charge on any atom is -0.504 e. The first-order valence-corrected chi connectivity index (χ1v) is 14.2. The third-order valence-electron chi connectivity index (χ3n) is 9.17. The van der Waals surface area contributed by atoms with Gasteiger partial charge in [-0.3, -0.25) is 9.89 Å². The highest BCUT2D eigenvalue weighted by molar-refractivity contribution is 5.96. The third kappa shape index (κ3) is 4.14. The smallest absolute Gasteiger partial charge is 0.165 e. The number of hydrogen-bond donors (Lipinski definition) is 3. The van der Waals surface area contributed by atoms with Gasteiger partial charge in [0.15, 0.2) is 11.5 Å². The summed E-state index contributed by atoms with van der Waals surface area (Å²) >= 11 is 0. The average molecular weight is 522 g/mol. The van der Waals surface area contributed by atoms with Gasteiger partial charge in [0.2, 0.25) is 0 Å². The number of para-hydroxylation sites is 1. The molecule has 7 rings (SSSR count). The Kier molecular flexibility index (Phi) is 6.17. The number of hydrogen-bond acceptors (Lipinski definition) is 5. The fraction of sp³-hybridized carbons (Fsp3) is 0.364. The van der Waals surface area contributed by atoms with E-state index in [9.17, 15) is 10.2 Å². The summed E-state index contributed by atoms with van der Waals surface area (Å²) in [7, 11) is 0. The highest BCUT2D eigenvalue weighted by atomic mass is 16.5. The number of anilines is 1. The van der Waals surface area contributed by atoms with Crippen LogP contribution in [0.15, 0.2) is 89.9 Å². The van der Waals surface area contributed by atoms with Crippen molar-refractivity contribution in [1.29, 1.82) is 0 Å². The zero-order chi connectivity index (χ0) is 26.4. The van der Waals surface area contributed by atoms with E-state index in [1.807, 2.05) is 30.3 Å². The van der Waals surface area contributed by atoms with Crippen LogP contribution in [0.2, 0.25) is 0 Å². The van der Waals surface area contributed by atoms with Crippen LogP contribution in [0.3, 0.4) is 0 Å². The summed E-state index contributed by atoms with van der Waals surface area (Å²) in [6.45, 7) is 2.70. The largest absolute Gasteiger partial charge is 0.504 e. The molecule has 3 aromatic carbocycles. The molecule has 39 heavy (non-hydrogen) atoms. The number of amidine groups is 1. The second-order valence-electron chi connectivity index (χ2n) is 11.3. The Balaban J connectivity index is 1.08. The van der Waals surface area contributed by atoms with Crippen LogP contribution < -0.4 is 10.1 Å². The molecule has 0 aromatic heterocycles. The van der Waals surface area contributed by atoms with Crippen molar-refractivity contribution in [3.05, 3.63) is 102 Å². The van der Waals surface area contributed by atoms with Crippen LogP contribution in [0.1, 0.15) is 29.5 Å². The Morgan fingerprint density at radius 3 is 2.64 bits per heavy atom. The quantitative estimate of drug-likeness (QED) is 0.182. The number of piperidine rings is 1. The van der Waals surface area contributed by atoms with Crippen molar-refractivity contribution in [2.24, 2.45) is 10.9 Å². The molecule has 200 valence electrons. The fourth-order valence-corrected chi connectivity index (χ4v) is 7.51. The molecule has 3 aromatic rings. The summed E-state index contributed by atoms with van der Waals surface area (Å²) in [5.74, 6) is 2.05. The Morgan fingerprint density at radius 1 is 1.03 bits per heavy atom. The Morgan fingerprint density at radius 2 is 1.82 bits per heavy atom. The lowest BCUT2D eigenvalue weighted by atomic mass is 9.53. The molecule has 0 radical (unpaired) electrons. The second kappa shape index (κ2) is 9.85. The van der Waals surface area contributed by atoms with Gasteiger partial charge in [-0.2, -0.15) is 0 Å². The topological polar surface area (TPSA) is 77.3 Å². The van der Waals surface area contributed by atoms with Gasteiger partial charge in [-0.1, -0.05) is 66.7 Å². The van der Waals surface area contributed by atoms with E-state index >= 15 is 0 Å². The lowest BCUT2D eigenvalue weighted by Gasteiger charge is -2.57. The number of phenols is 1. The SMILES string of the molecule is Oc1ccc2c3c1O[C@H]1[C@@H](O)C=CC4[C@@H](C2)N(CCCN=C(Cc2ccccc2)Nc2ccccc2)CC[C@@]341. The first kappa shape index (κ1) is 24.4. The van der Waals surface area contributed by atoms with Gasteiger partial charge >= 0.3 is 0 Å². The Bertz CT molecular complexity index is 1360. The number of nitrogens with zero attached hydrogens (tertiary/aromatic N) is 2. The molecule has 6 nitrogen and oxygen atoms in total. The molecule has 1 spiro atoms. The maximum Gasteiger partial charge on any atom is 0.165 e. The standard InChI is InChI=1S/C33H35N3O3/c37-27-14-12-23-21-26-25-13-15-28(38)32-33(25,30(23)31(27)39-32)16-19-36(26)18-7-17-34-29(20-22-8-3-1-4-9-22)35-24-10-5-2-6-11-24/h1-6,8-15,25-26,28,32,37-38H,7,16-21H2,(H,34,35)/t25?,26-,28+,32+,33+/m1/s1. The molecule has 5 atom stereocenters. The Hall–Kier alpha value is -3.61. The summed E-state index contributed by atoms with van der Waals surface area (Å²) in [6, 6.07) is 24.9. The number of rotatable bonds is 7. The van der Waals surface area contributed by atoms with E-state index in [0.717, 1.165) is 62.4 Å². The van der Waals surface area contributed by atoms with Crippen molar-refractivity contribution in [3.63, 3.8) is 0 Å². The summed E-state index contributed by atoms with van der Waals surface area (Å²) in [5.41, 5.74) is 4.46. The van der Waals surface area contributed by atoms with Crippen molar-refractivity contribution in [1.82, 2.24) is 4.90 Å². The number of ether oxygens (including phenoxy) is 1. The molecule has 2 aliphatic heterocycles. The first-order chi connectivity index (χ1) is 19.1. The van der Waals surface area contributed by atoms with Crippen molar-refractivity contribution in [2.45, 2.75) is 49.3 Å². The van der Waals surface area contributed by atoms with Gasteiger partial charge in [0, 0.05) is 48.1 Å². The van der Waals surface area contributed by atoms with Crippen molar-refractivity contribution < 1.29 is 14.9 Å². The van der Waals surface area contributed by atoms with E-state index in [-0.39, 0.29) is 23.2 Å². The van der Waals surface area contributed by atoms with Crippen LogP contribution in [0, 0.1) is 5.92 Å². The monoisotopic (exact) mass is 521 g/mol. The molecule has 2 aliphatic carbocycles. The van der Waals surface area contributed by atoms with Gasteiger partial charge in [-0.15, -0.1) is 0 Å². The molecule has 2 bridgehead atoms. The van der Waals surface area contributed by atoms with Gasteiger partial charge in [0.1, 0.15) is 18.0 Å². The fourth-order valence-electron chi connectivity index (χ4n) is 7.51. The third-order valence-corrected chi connectivity index (χ3v) is 9.17. The summed E-state index contributed by atoms with van der Waals surface area (Å²) in [6.07, 6.45) is 6.76. The summed E-state index contributed by atoms with van der Waals surface area (Å²) in [5, 5.41) is 25.0. The minimum absolute atomic E-state index is 0.192. The number of aromatic hydroxyl groups is 1. The predicted octanol–water partition coefficient (Wildman–Crippen LogP) is 4.71. The molecule has 1 unspecified atom stereocenters. The van der Waals surface area contributed by atoms with Gasteiger partial charge in [-0.25, -0.2) is 0 Å². The highest BCUT2D eigenvalue weighted by Gasteiger charge is 2.64. The molecule has 0 amide bonds. The van der Waals surface area contributed by atoms with E-state index in [0.29, 0.717) is 11.8 Å². The second-order valence-corrected chi connectivity index (χ2v) is 11.3. The maximum atomic E-state index is 10.9. The van der Waals surface area contributed by atoms with E-state index < -0.39 is 6.10 Å². The van der Waals surface area contributed by atoms with Crippen molar-refractivity contribution in [2.75, 3.05) is 25.0 Å². The van der Waals surface area contributed by atoms with Gasteiger partial charge < -0.3 is 20.3 Å². The van der Waals surface area contributed by atoms with Gasteiger partial charge in [0.25, 0.3) is 0 Å². The van der Waals surface area contributed by atoms with Gasteiger partial charge in [0.05, 0.1) is 0 Å². The molecule has 6 heteroatoms. The number of aliphatic imine (C=N–C) groups is 1. The predicted molar refractivity (Wildman–Crippen MR) is 154 cm³/mol. The van der Waals surface area contributed by atoms with E-state index in [1.165, 1.54) is 11.1 Å². The number of aliphatic hydroxyl groups excluding tert-OH is 1. The van der Waals surface area contributed by atoms with Crippen molar-refractivity contribution in [3.8, 4) is 11.5 Å².